The number of anilines is 2. The maximum Gasteiger partial charge on any atom is 0.175 e. The zero-order valence-electron chi connectivity index (χ0n) is 12.5. The third kappa shape index (κ3) is 4.35. The topological polar surface area (TPSA) is 24.1 Å². The van der Waals surface area contributed by atoms with Gasteiger partial charge in [0.2, 0.25) is 0 Å². The lowest BCUT2D eigenvalue weighted by Gasteiger charge is -2.14. The average Bonchev–Trinajstić information content (AvgIpc) is 2.52. The van der Waals surface area contributed by atoms with Crippen LogP contribution in [0.5, 0.6) is 0 Å². The molecule has 2 aromatic rings. The highest BCUT2D eigenvalue weighted by Crippen LogP contribution is 2.29. The van der Waals surface area contributed by atoms with Crippen molar-refractivity contribution in [2.45, 2.75) is 26.2 Å². The van der Waals surface area contributed by atoms with E-state index in [1.165, 1.54) is 5.56 Å². The lowest BCUT2D eigenvalue weighted by molar-refractivity contribution is 0.734. The minimum atomic E-state index is 0.459. The molecule has 1 unspecified atom stereocenters. The molecule has 0 saturated carbocycles. The van der Waals surface area contributed by atoms with E-state index in [1.54, 1.807) is 6.07 Å². The third-order valence-electron chi connectivity index (χ3n) is 3.55. The number of thiocarbonyl (C=S) groups is 1. The van der Waals surface area contributed by atoms with Crippen LogP contribution in [0, 0.1) is 0 Å². The third-order valence-corrected chi connectivity index (χ3v) is 4.57. The van der Waals surface area contributed by atoms with Crippen LogP contribution in [0.3, 0.4) is 0 Å². The fourth-order valence-corrected chi connectivity index (χ4v) is 2.59. The number of hydrogen-bond acceptors (Lipinski definition) is 1. The molecule has 2 rings (SSSR count). The van der Waals surface area contributed by atoms with Gasteiger partial charge in [0.05, 0.1) is 15.7 Å². The van der Waals surface area contributed by atoms with Gasteiger partial charge in [0.25, 0.3) is 0 Å². The van der Waals surface area contributed by atoms with Crippen molar-refractivity contribution in [2.24, 2.45) is 0 Å². The molecular formula is C17H18Cl2N2S. The number of rotatable bonds is 4. The second kappa shape index (κ2) is 7.82. The van der Waals surface area contributed by atoms with Crippen LogP contribution < -0.4 is 10.6 Å². The Morgan fingerprint density at radius 3 is 2.41 bits per heavy atom. The Balaban J connectivity index is 2.01. The maximum absolute atomic E-state index is 6.13. The molecule has 2 aromatic carbocycles. The Hall–Kier alpha value is -1.29. The highest BCUT2D eigenvalue weighted by atomic mass is 35.5. The molecule has 22 heavy (non-hydrogen) atoms. The first-order chi connectivity index (χ1) is 10.5. The molecule has 0 saturated heterocycles. The average molecular weight is 353 g/mol. The normalized spacial score (nSPS) is 11.8. The van der Waals surface area contributed by atoms with E-state index in [0.717, 1.165) is 12.1 Å². The predicted molar refractivity (Wildman–Crippen MR) is 101 cm³/mol. The summed E-state index contributed by atoms with van der Waals surface area (Å²) in [6, 6.07) is 13.7. The molecule has 0 bridgehead atoms. The van der Waals surface area contributed by atoms with E-state index in [2.05, 4.69) is 36.6 Å². The van der Waals surface area contributed by atoms with Crippen LogP contribution in [0.1, 0.15) is 31.7 Å². The summed E-state index contributed by atoms with van der Waals surface area (Å²) in [5, 5.41) is 7.62. The molecule has 0 aliphatic heterocycles. The molecule has 2 nitrogen and oxygen atoms in total. The molecular weight excluding hydrogens is 335 g/mol. The molecule has 0 aromatic heterocycles. The smallest absolute Gasteiger partial charge is 0.175 e. The quantitative estimate of drug-likeness (QED) is 0.629. The molecule has 0 aliphatic rings. The van der Waals surface area contributed by atoms with Gasteiger partial charge < -0.3 is 10.6 Å². The molecule has 0 amide bonds. The Morgan fingerprint density at radius 1 is 1.09 bits per heavy atom. The summed E-state index contributed by atoms with van der Waals surface area (Å²) in [5.41, 5.74) is 2.94. The first-order valence-electron chi connectivity index (χ1n) is 7.13. The monoisotopic (exact) mass is 352 g/mol. The van der Waals surface area contributed by atoms with Crippen LogP contribution in [0.25, 0.3) is 0 Å². The Kier molecular flexibility index (Phi) is 6.07. The van der Waals surface area contributed by atoms with Crippen molar-refractivity contribution in [3.05, 3.63) is 58.1 Å². The van der Waals surface area contributed by atoms with Gasteiger partial charge in [-0.15, -0.1) is 0 Å². The van der Waals surface area contributed by atoms with Gasteiger partial charge in [0.15, 0.2) is 5.11 Å². The minimum Gasteiger partial charge on any atom is -0.332 e. The van der Waals surface area contributed by atoms with Crippen LogP contribution in [0.4, 0.5) is 11.4 Å². The summed E-state index contributed by atoms with van der Waals surface area (Å²) in [6.07, 6.45) is 1.13. The maximum atomic E-state index is 6.13. The summed E-state index contributed by atoms with van der Waals surface area (Å²) in [7, 11) is 0. The van der Waals surface area contributed by atoms with Crippen molar-refractivity contribution in [1.29, 1.82) is 0 Å². The van der Waals surface area contributed by atoms with Gasteiger partial charge in [-0.05, 0) is 54.4 Å². The van der Waals surface area contributed by atoms with Crippen LogP contribution >= 0.6 is 35.4 Å². The second-order valence-corrected chi connectivity index (χ2v) is 6.31. The lowest BCUT2D eigenvalue weighted by Crippen LogP contribution is -2.19. The van der Waals surface area contributed by atoms with Gasteiger partial charge in [0, 0.05) is 5.69 Å². The first-order valence-corrected chi connectivity index (χ1v) is 8.29. The number of halogens is 2. The van der Waals surface area contributed by atoms with Crippen LogP contribution in [0.15, 0.2) is 42.5 Å². The van der Waals surface area contributed by atoms with Crippen molar-refractivity contribution >= 4 is 51.9 Å². The molecule has 116 valence electrons. The van der Waals surface area contributed by atoms with Gasteiger partial charge in [-0.1, -0.05) is 55.2 Å². The van der Waals surface area contributed by atoms with Gasteiger partial charge in [-0.2, -0.15) is 0 Å². The molecule has 2 N–H and O–H groups in total. The van der Waals surface area contributed by atoms with Crippen LogP contribution in [-0.2, 0) is 0 Å². The SMILES string of the molecule is CCC(C)c1ccc(NC(=S)Nc2cccc(Cl)c2Cl)cc1. The van der Waals surface area contributed by atoms with Crippen LogP contribution in [-0.4, -0.2) is 5.11 Å². The summed E-state index contributed by atoms with van der Waals surface area (Å²) in [6.45, 7) is 4.40. The van der Waals surface area contributed by atoms with Crippen molar-refractivity contribution in [3.63, 3.8) is 0 Å². The van der Waals surface area contributed by atoms with Crippen LogP contribution in [0.2, 0.25) is 10.0 Å². The number of benzene rings is 2. The fraction of sp³-hybridized carbons (Fsp3) is 0.235. The molecule has 0 fully saturated rings. The van der Waals surface area contributed by atoms with E-state index in [1.807, 2.05) is 24.3 Å². The molecule has 5 heteroatoms. The van der Waals surface area contributed by atoms with E-state index in [9.17, 15) is 0 Å². The molecule has 0 aliphatic carbocycles. The van der Waals surface area contributed by atoms with Crippen molar-refractivity contribution in [2.75, 3.05) is 10.6 Å². The standard InChI is InChI=1S/C17H18Cl2N2S/c1-3-11(2)12-7-9-13(10-8-12)20-17(22)21-15-6-4-5-14(18)16(15)19/h4-11H,3H2,1-2H3,(H2,20,21,22). The van der Waals surface area contributed by atoms with Gasteiger partial charge in [0.1, 0.15) is 0 Å². The molecule has 0 heterocycles. The fourth-order valence-electron chi connectivity index (χ4n) is 2.02. The highest BCUT2D eigenvalue weighted by Gasteiger charge is 2.07. The summed E-state index contributed by atoms with van der Waals surface area (Å²) in [5.74, 6) is 0.560. The summed E-state index contributed by atoms with van der Waals surface area (Å²) >= 11 is 17.4. The second-order valence-electron chi connectivity index (χ2n) is 5.11. The van der Waals surface area contributed by atoms with E-state index < -0.39 is 0 Å². The molecule has 1 atom stereocenters. The Labute approximate surface area is 146 Å². The zero-order valence-corrected chi connectivity index (χ0v) is 14.8. The minimum absolute atomic E-state index is 0.459. The van der Waals surface area contributed by atoms with Crippen molar-refractivity contribution < 1.29 is 0 Å². The van der Waals surface area contributed by atoms with Crippen molar-refractivity contribution in [1.82, 2.24) is 0 Å². The highest BCUT2D eigenvalue weighted by molar-refractivity contribution is 7.80. The predicted octanol–water partition coefficient (Wildman–Crippen LogP) is 6.32. The zero-order chi connectivity index (χ0) is 16.1. The summed E-state index contributed by atoms with van der Waals surface area (Å²) in [4.78, 5) is 0. The Bertz CT molecular complexity index is 656. The lowest BCUT2D eigenvalue weighted by atomic mass is 9.99. The van der Waals surface area contributed by atoms with E-state index in [0.29, 0.717) is 26.8 Å². The molecule has 0 radical (unpaired) electrons. The number of nitrogens with one attached hydrogen (secondary N) is 2. The Morgan fingerprint density at radius 2 is 1.77 bits per heavy atom. The van der Waals surface area contributed by atoms with Gasteiger partial charge in [-0.3, -0.25) is 0 Å². The first kappa shape index (κ1) is 17.1. The van der Waals surface area contributed by atoms with Gasteiger partial charge >= 0.3 is 0 Å². The van der Waals surface area contributed by atoms with Gasteiger partial charge in [-0.25, -0.2) is 0 Å². The van der Waals surface area contributed by atoms with E-state index in [-0.39, 0.29) is 0 Å². The summed E-state index contributed by atoms with van der Waals surface area (Å²) < 4.78 is 0. The van der Waals surface area contributed by atoms with E-state index in [4.69, 9.17) is 35.4 Å². The van der Waals surface area contributed by atoms with E-state index >= 15 is 0 Å². The van der Waals surface area contributed by atoms with Crippen molar-refractivity contribution in [3.8, 4) is 0 Å². The number of hydrogen-bond donors (Lipinski definition) is 2. The molecule has 0 spiro atoms. The largest absolute Gasteiger partial charge is 0.332 e.